The molecule has 0 aromatic rings. The van der Waals surface area contributed by atoms with Crippen LogP contribution in [0, 0.1) is 5.92 Å². The van der Waals surface area contributed by atoms with Gasteiger partial charge in [-0.2, -0.15) is 0 Å². The van der Waals surface area contributed by atoms with E-state index in [0.29, 0.717) is 25.5 Å². The lowest BCUT2D eigenvalue weighted by atomic mass is 9.94. The quantitative estimate of drug-likeness (QED) is 0.542. The third-order valence-corrected chi connectivity index (χ3v) is 3.10. The predicted octanol–water partition coefficient (Wildman–Crippen LogP) is 1.99. The van der Waals surface area contributed by atoms with Crippen molar-refractivity contribution in [2.45, 2.75) is 52.0 Å². The van der Waals surface area contributed by atoms with Gasteiger partial charge < -0.3 is 20.5 Å². The van der Waals surface area contributed by atoms with E-state index >= 15 is 0 Å². The van der Waals surface area contributed by atoms with Crippen molar-refractivity contribution in [1.82, 2.24) is 10.6 Å². The molecule has 6 heteroatoms. The number of carbonyl (C=O) groups excluding carboxylic acids is 1. The second kappa shape index (κ2) is 11.5. The van der Waals surface area contributed by atoms with E-state index < -0.39 is 5.97 Å². The molecule has 3 N–H and O–H groups in total. The Labute approximate surface area is 121 Å². The molecule has 0 aliphatic carbocycles. The lowest BCUT2D eigenvalue weighted by Gasteiger charge is -2.17. The Kier molecular flexibility index (Phi) is 10.8. The van der Waals surface area contributed by atoms with Gasteiger partial charge in [-0.3, -0.25) is 4.79 Å². The van der Waals surface area contributed by atoms with Gasteiger partial charge >= 0.3 is 12.0 Å². The zero-order valence-electron chi connectivity index (χ0n) is 12.8. The summed E-state index contributed by atoms with van der Waals surface area (Å²) in [7, 11) is 1.59. The van der Waals surface area contributed by atoms with Crippen LogP contribution in [0.25, 0.3) is 0 Å². The highest BCUT2D eigenvalue weighted by Gasteiger charge is 2.11. The van der Waals surface area contributed by atoms with Crippen molar-refractivity contribution in [3.8, 4) is 0 Å². The number of hydrogen-bond acceptors (Lipinski definition) is 3. The molecule has 0 aromatic heterocycles. The van der Waals surface area contributed by atoms with Crippen LogP contribution < -0.4 is 10.6 Å². The number of amides is 2. The van der Waals surface area contributed by atoms with Gasteiger partial charge in [0.05, 0.1) is 12.6 Å². The fourth-order valence-corrected chi connectivity index (χ4v) is 2.13. The van der Waals surface area contributed by atoms with Crippen LogP contribution in [0.1, 0.15) is 46.0 Å². The van der Waals surface area contributed by atoms with Gasteiger partial charge in [0, 0.05) is 20.1 Å². The van der Waals surface area contributed by atoms with E-state index in [0.717, 1.165) is 19.3 Å². The van der Waals surface area contributed by atoms with Crippen molar-refractivity contribution >= 4 is 12.0 Å². The van der Waals surface area contributed by atoms with Crippen LogP contribution in [0.3, 0.4) is 0 Å². The molecule has 2 unspecified atom stereocenters. The number of ether oxygens (including phenoxy) is 1. The average molecular weight is 288 g/mol. The highest BCUT2D eigenvalue weighted by atomic mass is 16.5. The minimum atomic E-state index is -0.759. The van der Waals surface area contributed by atoms with Gasteiger partial charge in [0.2, 0.25) is 0 Å². The van der Waals surface area contributed by atoms with Crippen LogP contribution in [0.15, 0.2) is 0 Å². The topological polar surface area (TPSA) is 87.7 Å². The summed E-state index contributed by atoms with van der Waals surface area (Å²) in [5, 5.41) is 14.3. The van der Waals surface area contributed by atoms with Gasteiger partial charge in [-0.1, -0.05) is 19.8 Å². The molecular formula is C14H28N2O4. The first-order valence-corrected chi connectivity index (χ1v) is 7.24. The molecule has 0 aromatic carbocycles. The minimum absolute atomic E-state index is 0.0292. The molecule has 0 rings (SSSR count). The van der Waals surface area contributed by atoms with Gasteiger partial charge in [0.25, 0.3) is 0 Å². The second-order valence-corrected chi connectivity index (χ2v) is 5.13. The zero-order chi connectivity index (χ0) is 15.4. The third-order valence-electron chi connectivity index (χ3n) is 3.10. The molecule has 0 fully saturated rings. The summed E-state index contributed by atoms with van der Waals surface area (Å²) in [6, 6.07) is -0.235. The number of carboxylic acid groups (broad SMARTS) is 1. The molecule has 0 spiro atoms. The largest absolute Gasteiger partial charge is 0.481 e. The molecule has 0 aliphatic rings. The number of methoxy groups -OCH3 is 1. The van der Waals surface area contributed by atoms with Crippen LogP contribution in [0.4, 0.5) is 4.79 Å². The standard InChI is InChI=1S/C14H28N2O4/c1-4-5-12(6-7-13(17)18)8-9-15-14(19)16-11(2)10-20-3/h11-12H,4-10H2,1-3H3,(H,17,18)(H2,15,16,19). The van der Waals surface area contributed by atoms with E-state index in [1.54, 1.807) is 7.11 Å². The third kappa shape index (κ3) is 10.6. The Morgan fingerprint density at radius 3 is 2.50 bits per heavy atom. The molecule has 2 amide bonds. The van der Waals surface area contributed by atoms with Gasteiger partial charge in [-0.25, -0.2) is 4.79 Å². The maximum absolute atomic E-state index is 11.6. The van der Waals surface area contributed by atoms with Gasteiger partial charge in [0.1, 0.15) is 0 Å². The smallest absolute Gasteiger partial charge is 0.315 e. The summed E-state index contributed by atoms with van der Waals surface area (Å²) in [5.41, 5.74) is 0. The van der Waals surface area contributed by atoms with Crippen molar-refractivity contribution < 1.29 is 19.4 Å². The monoisotopic (exact) mass is 288 g/mol. The summed E-state index contributed by atoms with van der Waals surface area (Å²) in [6.07, 6.45) is 3.71. The second-order valence-electron chi connectivity index (χ2n) is 5.13. The highest BCUT2D eigenvalue weighted by molar-refractivity contribution is 5.74. The predicted molar refractivity (Wildman–Crippen MR) is 77.8 cm³/mol. The molecule has 0 heterocycles. The highest BCUT2D eigenvalue weighted by Crippen LogP contribution is 2.17. The molecule has 0 bridgehead atoms. The van der Waals surface area contributed by atoms with Gasteiger partial charge in [0.15, 0.2) is 0 Å². The number of nitrogens with one attached hydrogen (secondary N) is 2. The number of carboxylic acids is 1. The molecule has 2 atom stereocenters. The van der Waals surface area contributed by atoms with Gasteiger partial charge in [-0.05, 0) is 25.7 Å². The molecule has 0 saturated heterocycles. The van der Waals surface area contributed by atoms with Crippen molar-refractivity contribution in [2.24, 2.45) is 5.92 Å². The van der Waals surface area contributed by atoms with Crippen LogP contribution in [-0.4, -0.2) is 43.4 Å². The minimum Gasteiger partial charge on any atom is -0.481 e. The lowest BCUT2D eigenvalue weighted by Crippen LogP contribution is -2.43. The van der Waals surface area contributed by atoms with E-state index in [4.69, 9.17) is 9.84 Å². The average Bonchev–Trinajstić information content (AvgIpc) is 2.35. The summed E-state index contributed by atoms with van der Waals surface area (Å²) >= 11 is 0. The molecule has 20 heavy (non-hydrogen) atoms. The maximum Gasteiger partial charge on any atom is 0.315 e. The Morgan fingerprint density at radius 1 is 1.25 bits per heavy atom. The van der Waals surface area contributed by atoms with Crippen LogP contribution in [0.2, 0.25) is 0 Å². The SMILES string of the molecule is CCCC(CCNC(=O)NC(C)COC)CCC(=O)O. The molecule has 0 radical (unpaired) electrons. The van der Waals surface area contributed by atoms with E-state index in [-0.39, 0.29) is 18.5 Å². The molecule has 0 saturated carbocycles. The van der Waals surface area contributed by atoms with Crippen LogP contribution in [-0.2, 0) is 9.53 Å². The maximum atomic E-state index is 11.6. The van der Waals surface area contributed by atoms with Crippen molar-refractivity contribution in [2.75, 3.05) is 20.3 Å². The number of rotatable bonds is 11. The van der Waals surface area contributed by atoms with E-state index in [2.05, 4.69) is 17.6 Å². The Balaban J connectivity index is 3.85. The Morgan fingerprint density at radius 2 is 1.95 bits per heavy atom. The summed E-state index contributed by atoms with van der Waals surface area (Å²) in [6.45, 7) is 5.00. The number of urea groups is 1. The molecular weight excluding hydrogens is 260 g/mol. The number of aliphatic carboxylic acids is 1. The van der Waals surface area contributed by atoms with Crippen LogP contribution in [0.5, 0.6) is 0 Å². The van der Waals surface area contributed by atoms with Crippen molar-refractivity contribution in [3.05, 3.63) is 0 Å². The van der Waals surface area contributed by atoms with E-state index in [1.165, 1.54) is 0 Å². The normalized spacial score (nSPS) is 13.6. The number of hydrogen-bond donors (Lipinski definition) is 3. The summed E-state index contributed by atoms with van der Waals surface area (Å²) in [4.78, 5) is 22.1. The fourth-order valence-electron chi connectivity index (χ4n) is 2.13. The summed E-state index contributed by atoms with van der Waals surface area (Å²) < 4.78 is 4.94. The van der Waals surface area contributed by atoms with Crippen LogP contribution >= 0.6 is 0 Å². The molecule has 6 nitrogen and oxygen atoms in total. The first-order chi connectivity index (χ1) is 9.49. The lowest BCUT2D eigenvalue weighted by molar-refractivity contribution is -0.137. The first kappa shape index (κ1) is 18.7. The van der Waals surface area contributed by atoms with Gasteiger partial charge in [-0.15, -0.1) is 0 Å². The molecule has 118 valence electrons. The van der Waals surface area contributed by atoms with Crippen molar-refractivity contribution in [3.63, 3.8) is 0 Å². The fraction of sp³-hybridized carbons (Fsp3) is 0.857. The summed E-state index contributed by atoms with van der Waals surface area (Å²) in [5.74, 6) is -0.405. The van der Waals surface area contributed by atoms with E-state index in [1.807, 2.05) is 6.92 Å². The molecule has 0 aliphatic heterocycles. The Bertz CT molecular complexity index is 284. The number of carbonyl (C=O) groups is 2. The zero-order valence-corrected chi connectivity index (χ0v) is 12.8. The first-order valence-electron chi connectivity index (χ1n) is 7.24. The van der Waals surface area contributed by atoms with Crippen molar-refractivity contribution in [1.29, 1.82) is 0 Å². The van der Waals surface area contributed by atoms with E-state index in [9.17, 15) is 9.59 Å². The Hall–Kier alpha value is -1.30.